The Balaban J connectivity index is 1.41. The Kier molecular flexibility index (Phi) is 2.87. The molecule has 5 fully saturated rings. The molecule has 1 aliphatic heterocycles. The summed E-state index contributed by atoms with van der Waals surface area (Å²) in [6, 6.07) is 0.415. The molecule has 5 aliphatic rings. The van der Waals surface area contributed by atoms with Gasteiger partial charge in [0.05, 0.1) is 5.41 Å². The van der Waals surface area contributed by atoms with Crippen molar-refractivity contribution in [1.29, 1.82) is 0 Å². The van der Waals surface area contributed by atoms with Crippen LogP contribution in [0.4, 0.5) is 0 Å². The van der Waals surface area contributed by atoms with Gasteiger partial charge in [-0.25, -0.2) is 0 Å². The van der Waals surface area contributed by atoms with Gasteiger partial charge in [0.25, 0.3) is 0 Å². The second-order valence-electron chi connectivity index (χ2n) is 7.59. The van der Waals surface area contributed by atoms with Crippen LogP contribution in [0.1, 0.15) is 51.4 Å². The number of nitrogens with one attached hydrogen (secondary N) is 1. The third-order valence-electron chi connectivity index (χ3n) is 6.05. The predicted octanol–water partition coefficient (Wildman–Crippen LogP) is 2.50. The van der Waals surface area contributed by atoms with Gasteiger partial charge in [0, 0.05) is 6.04 Å². The molecule has 4 saturated carbocycles. The average molecular weight is 263 g/mol. The first-order valence-corrected chi connectivity index (χ1v) is 8.14. The molecule has 4 aliphatic carbocycles. The van der Waals surface area contributed by atoms with E-state index >= 15 is 0 Å². The lowest BCUT2D eigenvalue weighted by molar-refractivity contribution is -0.172. The summed E-state index contributed by atoms with van der Waals surface area (Å²) in [7, 11) is 0. The highest BCUT2D eigenvalue weighted by Crippen LogP contribution is 2.60. The molecule has 0 amide bonds. The van der Waals surface area contributed by atoms with Crippen molar-refractivity contribution in [2.75, 3.05) is 13.2 Å². The highest BCUT2D eigenvalue weighted by Gasteiger charge is 2.55. The quantitative estimate of drug-likeness (QED) is 0.795. The Morgan fingerprint density at radius 1 is 1.11 bits per heavy atom. The topological polar surface area (TPSA) is 38.3 Å². The fourth-order valence-electron chi connectivity index (χ4n) is 5.59. The van der Waals surface area contributed by atoms with Gasteiger partial charge in [-0.1, -0.05) is 0 Å². The molecule has 1 heterocycles. The van der Waals surface area contributed by atoms with E-state index in [1.807, 2.05) is 0 Å². The molecule has 19 heavy (non-hydrogen) atoms. The van der Waals surface area contributed by atoms with Crippen molar-refractivity contribution >= 4 is 5.97 Å². The van der Waals surface area contributed by atoms with Gasteiger partial charge in [-0.3, -0.25) is 4.79 Å². The molecule has 1 atom stereocenters. The molecule has 4 bridgehead atoms. The molecule has 1 saturated heterocycles. The van der Waals surface area contributed by atoms with Crippen molar-refractivity contribution in [3.8, 4) is 0 Å². The third kappa shape index (κ3) is 2.10. The van der Waals surface area contributed by atoms with Crippen LogP contribution in [0.2, 0.25) is 0 Å². The van der Waals surface area contributed by atoms with E-state index in [0.717, 1.165) is 50.0 Å². The lowest BCUT2D eigenvalue weighted by Crippen LogP contribution is -2.51. The Morgan fingerprint density at radius 3 is 2.26 bits per heavy atom. The van der Waals surface area contributed by atoms with Crippen molar-refractivity contribution in [2.45, 2.75) is 57.4 Å². The van der Waals surface area contributed by atoms with Crippen molar-refractivity contribution < 1.29 is 9.53 Å². The normalized spacial score (nSPS) is 47.6. The van der Waals surface area contributed by atoms with E-state index < -0.39 is 0 Å². The average Bonchev–Trinajstić information content (AvgIpc) is 2.87. The SMILES string of the molecule is O=C(OCC1CCCN1)C12CC3CC(CC(C3)C1)C2. The lowest BCUT2D eigenvalue weighted by atomic mass is 9.49. The van der Waals surface area contributed by atoms with Gasteiger partial charge in [0.2, 0.25) is 0 Å². The summed E-state index contributed by atoms with van der Waals surface area (Å²) >= 11 is 0. The molecular formula is C16H25NO2. The molecule has 0 spiro atoms. The first-order chi connectivity index (χ1) is 9.23. The van der Waals surface area contributed by atoms with E-state index in [0.29, 0.717) is 12.6 Å². The molecule has 5 rings (SSSR count). The number of ether oxygens (including phenoxy) is 1. The molecule has 0 radical (unpaired) electrons. The minimum absolute atomic E-state index is 0.0760. The molecule has 1 unspecified atom stereocenters. The van der Waals surface area contributed by atoms with Gasteiger partial charge in [0.1, 0.15) is 6.61 Å². The van der Waals surface area contributed by atoms with Crippen molar-refractivity contribution in [2.24, 2.45) is 23.2 Å². The Hall–Kier alpha value is -0.570. The summed E-state index contributed by atoms with van der Waals surface area (Å²) in [6.07, 6.45) is 9.90. The van der Waals surface area contributed by atoms with Crippen LogP contribution in [0.5, 0.6) is 0 Å². The summed E-state index contributed by atoms with van der Waals surface area (Å²) in [5.74, 6) is 2.61. The zero-order valence-corrected chi connectivity index (χ0v) is 11.7. The molecule has 0 aromatic rings. The van der Waals surface area contributed by atoms with E-state index in [1.165, 1.54) is 25.7 Å². The number of esters is 1. The van der Waals surface area contributed by atoms with Crippen LogP contribution in [0, 0.1) is 23.2 Å². The Bertz CT molecular complexity index is 338. The number of hydrogen-bond acceptors (Lipinski definition) is 3. The molecule has 0 aromatic carbocycles. The Morgan fingerprint density at radius 2 is 1.74 bits per heavy atom. The van der Waals surface area contributed by atoms with Gasteiger partial charge in [-0.2, -0.15) is 0 Å². The molecular weight excluding hydrogens is 238 g/mol. The van der Waals surface area contributed by atoms with Crippen molar-refractivity contribution in [1.82, 2.24) is 5.32 Å². The van der Waals surface area contributed by atoms with Crippen LogP contribution in [-0.4, -0.2) is 25.2 Å². The molecule has 1 N–H and O–H groups in total. The van der Waals surface area contributed by atoms with Crippen LogP contribution >= 0.6 is 0 Å². The van der Waals surface area contributed by atoms with Gasteiger partial charge < -0.3 is 10.1 Å². The first kappa shape index (κ1) is 12.2. The maximum atomic E-state index is 12.6. The van der Waals surface area contributed by atoms with Crippen molar-refractivity contribution in [3.63, 3.8) is 0 Å². The van der Waals surface area contributed by atoms with Crippen molar-refractivity contribution in [3.05, 3.63) is 0 Å². The minimum Gasteiger partial charge on any atom is -0.464 e. The molecule has 3 nitrogen and oxygen atoms in total. The molecule has 0 aromatic heterocycles. The van der Waals surface area contributed by atoms with E-state index in [-0.39, 0.29) is 11.4 Å². The van der Waals surface area contributed by atoms with E-state index in [2.05, 4.69) is 5.32 Å². The van der Waals surface area contributed by atoms with Crippen LogP contribution in [0.15, 0.2) is 0 Å². The second-order valence-corrected chi connectivity index (χ2v) is 7.59. The standard InChI is InChI=1S/C16H25NO2/c18-15(19-10-14-2-1-3-17-14)16-7-11-4-12(8-16)6-13(5-11)9-16/h11-14,17H,1-10H2. The van der Waals surface area contributed by atoms with Crippen LogP contribution in [0.25, 0.3) is 0 Å². The smallest absolute Gasteiger partial charge is 0.312 e. The summed E-state index contributed by atoms with van der Waals surface area (Å²) in [6.45, 7) is 1.68. The number of carbonyl (C=O) groups excluding carboxylic acids is 1. The van der Waals surface area contributed by atoms with E-state index in [9.17, 15) is 4.79 Å². The first-order valence-electron chi connectivity index (χ1n) is 8.14. The van der Waals surface area contributed by atoms with Gasteiger partial charge >= 0.3 is 5.97 Å². The molecule has 106 valence electrons. The fraction of sp³-hybridized carbons (Fsp3) is 0.938. The van der Waals surface area contributed by atoms with Crippen LogP contribution in [-0.2, 0) is 9.53 Å². The summed E-state index contributed by atoms with van der Waals surface area (Å²) in [5, 5.41) is 3.41. The number of rotatable bonds is 3. The number of hydrogen-bond donors (Lipinski definition) is 1. The minimum atomic E-state index is -0.0760. The van der Waals surface area contributed by atoms with E-state index in [1.54, 1.807) is 0 Å². The molecule has 3 heteroatoms. The highest BCUT2D eigenvalue weighted by molar-refractivity contribution is 5.77. The summed E-state index contributed by atoms with van der Waals surface area (Å²) in [4.78, 5) is 12.6. The zero-order chi connectivity index (χ0) is 12.9. The van der Waals surface area contributed by atoms with Gasteiger partial charge in [0.15, 0.2) is 0 Å². The van der Waals surface area contributed by atoms with Crippen LogP contribution in [0.3, 0.4) is 0 Å². The summed E-state index contributed by atoms with van der Waals surface area (Å²) < 4.78 is 5.71. The second kappa shape index (κ2) is 4.47. The maximum absolute atomic E-state index is 12.6. The van der Waals surface area contributed by atoms with Gasteiger partial charge in [-0.15, -0.1) is 0 Å². The Labute approximate surface area is 115 Å². The van der Waals surface area contributed by atoms with Gasteiger partial charge in [-0.05, 0) is 75.7 Å². The highest BCUT2D eigenvalue weighted by atomic mass is 16.5. The van der Waals surface area contributed by atoms with Crippen LogP contribution < -0.4 is 5.32 Å². The number of carbonyl (C=O) groups is 1. The summed E-state index contributed by atoms with van der Waals surface area (Å²) in [5.41, 5.74) is -0.0760. The fourth-order valence-corrected chi connectivity index (χ4v) is 5.59. The predicted molar refractivity (Wildman–Crippen MR) is 72.6 cm³/mol. The monoisotopic (exact) mass is 263 g/mol. The largest absolute Gasteiger partial charge is 0.464 e. The zero-order valence-electron chi connectivity index (χ0n) is 11.7. The third-order valence-corrected chi connectivity index (χ3v) is 6.05. The maximum Gasteiger partial charge on any atom is 0.312 e. The van der Waals surface area contributed by atoms with E-state index in [4.69, 9.17) is 4.74 Å². The lowest BCUT2D eigenvalue weighted by Gasteiger charge is -2.55.